The smallest absolute Gasteiger partial charge is 0.233 e. The number of benzene rings is 2. The summed E-state index contributed by atoms with van der Waals surface area (Å²) in [6, 6.07) is 16.9. The number of amides is 1. The van der Waals surface area contributed by atoms with Crippen molar-refractivity contribution in [1.82, 2.24) is 0 Å². The molecule has 0 spiro atoms. The fourth-order valence-electron chi connectivity index (χ4n) is 2.03. The first kappa shape index (κ1) is 14.9. The van der Waals surface area contributed by atoms with Crippen LogP contribution in [0.3, 0.4) is 0 Å². The van der Waals surface area contributed by atoms with Crippen LogP contribution < -0.4 is 4.90 Å². The van der Waals surface area contributed by atoms with Gasteiger partial charge in [-0.2, -0.15) is 10.2 Å². The molecule has 0 unspecified atom stereocenters. The van der Waals surface area contributed by atoms with Gasteiger partial charge in [0, 0.05) is 12.2 Å². The molecular weight excluding hydrogens is 314 g/mol. The second-order valence-electron chi connectivity index (χ2n) is 4.65. The highest BCUT2D eigenvalue weighted by molar-refractivity contribution is 8.23. The van der Waals surface area contributed by atoms with E-state index in [-0.39, 0.29) is 5.91 Å². The van der Waals surface area contributed by atoms with Crippen molar-refractivity contribution in [2.24, 2.45) is 10.2 Å². The molecule has 1 aliphatic rings. The van der Waals surface area contributed by atoms with Gasteiger partial charge in [0.15, 0.2) is 0 Å². The lowest BCUT2D eigenvalue weighted by Gasteiger charge is -2.26. The Morgan fingerprint density at radius 2 is 1.59 bits per heavy atom. The molecule has 110 valence electrons. The van der Waals surface area contributed by atoms with E-state index in [1.54, 1.807) is 4.90 Å². The number of azo groups is 1. The van der Waals surface area contributed by atoms with Gasteiger partial charge in [0.1, 0.15) is 4.32 Å². The molecule has 2 aromatic rings. The first-order valence-corrected chi connectivity index (χ1v) is 8.20. The molecule has 6 heteroatoms. The zero-order chi connectivity index (χ0) is 15.4. The minimum atomic E-state index is 0.0439. The van der Waals surface area contributed by atoms with Crippen LogP contribution in [0.15, 0.2) is 64.8 Å². The minimum absolute atomic E-state index is 0.0439. The predicted octanol–water partition coefficient (Wildman–Crippen LogP) is 4.86. The summed E-state index contributed by atoms with van der Waals surface area (Å²) < 4.78 is 0.606. The maximum Gasteiger partial charge on any atom is 0.233 e. The molecule has 0 bridgehead atoms. The van der Waals surface area contributed by atoms with Crippen LogP contribution in [0.5, 0.6) is 0 Å². The SMILES string of the molecule is O=C1CCSC(=S)N1c1ccc(N=Nc2ccccc2)cc1. The fraction of sp³-hybridized carbons (Fsp3) is 0.125. The summed E-state index contributed by atoms with van der Waals surface area (Å²) in [7, 11) is 0. The van der Waals surface area contributed by atoms with E-state index in [1.165, 1.54) is 11.8 Å². The monoisotopic (exact) mass is 327 g/mol. The normalized spacial score (nSPS) is 15.5. The molecule has 1 amide bonds. The Morgan fingerprint density at radius 3 is 2.23 bits per heavy atom. The van der Waals surface area contributed by atoms with Crippen molar-refractivity contribution in [2.75, 3.05) is 10.7 Å². The van der Waals surface area contributed by atoms with Crippen molar-refractivity contribution in [3.8, 4) is 0 Å². The molecule has 1 aliphatic heterocycles. The summed E-state index contributed by atoms with van der Waals surface area (Å²) in [6.07, 6.45) is 0.514. The first-order valence-electron chi connectivity index (χ1n) is 6.80. The number of nitrogens with zero attached hydrogens (tertiary/aromatic N) is 3. The van der Waals surface area contributed by atoms with Gasteiger partial charge in [-0.05, 0) is 36.4 Å². The van der Waals surface area contributed by atoms with Crippen LogP contribution in [-0.4, -0.2) is 16.0 Å². The van der Waals surface area contributed by atoms with Gasteiger partial charge in [0.05, 0.1) is 17.1 Å². The number of thiocarbonyl (C=S) groups is 1. The number of carbonyl (C=O) groups is 1. The van der Waals surface area contributed by atoms with E-state index in [0.717, 1.165) is 22.8 Å². The molecular formula is C16H13N3OS2. The Labute approximate surface area is 138 Å². The average molecular weight is 327 g/mol. The Hall–Kier alpha value is -2.05. The van der Waals surface area contributed by atoms with E-state index in [1.807, 2.05) is 54.6 Å². The number of hydrogen-bond acceptors (Lipinski definition) is 5. The molecule has 0 aromatic heterocycles. The highest BCUT2D eigenvalue weighted by atomic mass is 32.2. The van der Waals surface area contributed by atoms with Crippen molar-refractivity contribution < 1.29 is 4.79 Å². The van der Waals surface area contributed by atoms with Gasteiger partial charge in [-0.15, -0.1) is 0 Å². The van der Waals surface area contributed by atoms with Crippen LogP contribution in [-0.2, 0) is 4.79 Å². The molecule has 4 nitrogen and oxygen atoms in total. The fourth-order valence-corrected chi connectivity index (χ4v) is 3.28. The zero-order valence-corrected chi connectivity index (χ0v) is 13.3. The van der Waals surface area contributed by atoms with Gasteiger partial charge in [-0.3, -0.25) is 9.69 Å². The van der Waals surface area contributed by atoms with Gasteiger partial charge >= 0.3 is 0 Å². The van der Waals surface area contributed by atoms with Crippen LogP contribution in [0, 0.1) is 0 Å². The van der Waals surface area contributed by atoms with Crippen molar-refractivity contribution in [1.29, 1.82) is 0 Å². The van der Waals surface area contributed by atoms with Crippen LogP contribution in [0.1, 0.15) is 6.42 Å². The molecule has 0 N–H and O–H groups in total. The average Bonchev–Trinajstić information content (AvgIpc) is 2.55. The summed E-state index contributed by atoms with van der Waals surface area (Å²) in [5, 5.41) is 8.35. The van der Waals surface area contributed by atoms with E-state index in [4.69, 9.17) is 12.2 Å². The second-order valence-corrected chi connectivity index (χ2v) is 6.37. The van der Waals surface area contributed by atoms with Crippen LogP contribution in [0.4, 0.5) is 17.1 Å². The third kappa shape index (κ3) is 3.40. The lowest BCUT2D eigenvalue weighted by Crippen LogP contribution is -2.37. The van der Waals surface area contributed by atoms with E-state index < -0.39 is 0 Å². The van der Waals surface area contributed by atoms with Gasteiger partial charge in [0.2, 0.25) is 5.91 Å². The minimum Gasteiger partial charge on any atom is -0.274 e. The number of thioether (sulfide) groups is 1. The van der Waals surface area contributed by atoms with Crippen LogP contribution in [0.2, 0.25) is 0 Å². The highest BCUT2D eigenvalue weighted by Crippen LogP contribution is 2.28. The van der Waals surface area contributed by atoms with Crippen LogP contribution in [0.25, 0.3) is 0 Å². The summed E-state index contributed by atoms with van der Waals surface area (Å²) in [4.78, 5) is 13.6. The number of anilines is 1. The van der Waals surface area contributed by atoms with Gasteiger partial charge in [-0.25, -0.2) is 0 Å². The van der Waals surface area contributed by atoms with Gasteiger partial charge in [0.25, 0.3) is 0 Å². The second kappa shape index (κ2) is 6.81. The van der Waals surface area contributed by atoms with E-state index in [9.17, 15) is 4.79 Å². The van der Waals surface area contributed by atoms with E-state index in [2.05, 4.69) is 10.2 Å². The molecule has 1 saturated heterocycles. The molecule has 0 atom stereocenters. The van der Waals surface area contributed by atoms with Crippen molar-refractivity contribution >= 4 is 51.3 Å². The molecule has 0 aliphatic carbocycles. The largest absolute Gasteiger partial charge is 0.274 e. The lowest BCUT2D eigenvalue weighted by molar-refractivity contribution is -0.117. The molecule has 1 heterocycles. The summed E-state index contributed by atoms with van der Waals surface area (Å²) in [6.45, 7) is 0. The molecule has 0 radical (unpaired) electrons. The Bertz CT molecular complexity index is 698. The van der Waals surface area contributed by atoms with Crippen molar-refractivity contribution in [2.45, 2.75) is 6.42 Å². The van der Waals surface area contributed by atoms with E-state index >= 15 is 0 Å². The standard InChI is InChI=1S/C16H13N3OS2/c20-15-10-11-22-16(21)19(15)14-8-6-13(7-9-14)18-17-12-4-2-1-3-5-12/h1-9H,10-11H2. The molecule has 1 fully saturated rings. The summed E-state index contributed by atoms with van der Waals surface area (Å²) in [5.74, 6) is 0.805. The predicted molar refractivity (Wildman–Crippen MR) is 94.2 cm³/mol. The Kier molecular flexibility index (Phi) is 4.60. The Balaban J connectivity index is 1.77. The quantitative estimate of drug-likeness (QED) is 0.597. The van der Waals surface area contributed by atoms with Crippen molar-refractivity contribution in [3.63, 3.8) is 0 Å². The molecule has 3 rings (SSSR count). The number of hydrogen-bond donors (Lipinski definition) is 0. The third-order valence-corrected chi connectivity index (χ3v) is 4.49. The van der Waals surface area contributed by atoms with Gasteiger partial charge in [-0.1, -0.05) is 42.2 Å². The van der Waals surface area contributed by atoms with Crippen molar-refractivity contribution in [3.05, 3.63) is 54.6 Å². The summed E-state index contributed by atoms with van der Waals surface area (Å²) in [5.41, 5.74) is 2.31. The topological polar surface area (TPSA) is 45.0 Å². The number of rotatable bonds is 3. The lowest BCUT2D eigenvalue weighted by atomic mass is 10.2. The zero-order valence-electron chi connectivity index (χ0n) is 11.7. The van der Waals surface area contributed by atoms with Crippen LogP contribution >= 0.6 is 24.0 Å². The maximum absolute atomic E-state index is 12.0. The molecule has 0 saturated carbocycles. The van der Waals surface area contributed by atoms with Gasteiger partial charge < -0.3 is 0 Å². The number of carbonyl (C=O) groups excluding carboxylic acids is 1. The molecule has 22 heavy (non-hydrogen) atoms. The Morgan fingerprint density at radius 1 is 0.955 bits per heavy atom. The third-order valence-electron chi connectivity index (χ3n) is 3.12. The maximum atomic E-state index is 12.0. The first-order chi connectivity index (χ1) is 10.7. The molecule has 2 aromatic carbocycles. The highest BCUT2D eigenvalue weighted by Gasteiger charge is 2.24. The summed E-state index contributed by atoms with van der Waals surface area (Å²) >= 11 is 6.79. The van der Waals surface area contributed by atoms with E-state index in [0.29, 0.717) is 10.7 Å².